The minimum absolute atomic E-state index is 0.0842. The first-order valence-corrected chi connectivity index (χ1v) is 52.6. The lowest BCUT2D eigenvalue weighted by molar-refractivity contribution is -0.118. The number of nitrogens with one attached hydrogen (secondary N) is 5. The van der Waals surface area contributed by atoms with Crippen LogP contribution in [0.1, 0.15) is 232 Å². The van der Waals surface area contributed by atoms with E-state index >= 15 is 0 Å². The molecule has 9 aromatic carbocycles. The molecule has 0 unspecified atom stereocenters. The van der Waals surface area contributed by atoms with Crippen molar-refractivity contribution in [2.45, 2.75) is 250 Å². The number of furan rings is 1. The Morgan fingerprint density at radius 3 is 1.51 bits per heavy atom. The number of benzene rings is 9. The van der Waals surface area contributed by atoms with Crippen molar-refractivity contribution in [1.82, 2.24) is 43.4 Å². The summed E-state index contributed by atoms with van der Waals surface area (Å²) in [4.78, 5) is 66.2. The molecular weight excluding hydrogens is 1820 g/mol. The smallest absolute Gasteiger partial charge is 0.420 e. The molecule has 5 N–H and O–H groups in total. The predicted molar refractivity (Wildman–Crippen MR) is 596 cm³/mol. The Balaban J connectivity index is 0.000000152. The number of carbonyl (C=O) groups is 2. The van der Waals surface area contributed by atoms with Gasteiger partial charge in [-0.05, 0) is 361 Å². The number of carbonyl (C=O) groups excluding carboxylic acids is 2. The Hall–Kier alpha value is -13.1. The topological polar surface area (TPSA) is 268 Å². The van der Waals surface area contributed by atoms with Gasteiger partial charge in [0.25, 0.3) is 5.91 Å². The number of aromatic nitrogens is 8. The van der Waals surface area contributed by atoms with Gasteiger partial charge in [0.2, 0.25) is 0 Å². The van der Waals surface area contributed by atoms with Crippen LogP contribution in [0.5, 0.6) is 5.75 Å². The number of fused-ring (bicyclic) bond motifs is 10. The summed E-state index contributed by atoms with van der Waals surface area (Å²) in [5, 5.41) is 19.8. The maximum Gasteiger partial charge on any atom is 0.420 e. The van der Waals surface area contributed by atoms with E-state index in [1.807, 2.05) is 128 Å². The Kier molecular flexibility index (Phi) is 41.1. The number of ether oxygens (including phenoxy) is 1. The molecule has 0 spiro atoms. The molecule has 3 amide bonds. The van der Waals surface area contributed by atoms with Crippen molar-refractivity contribution in [3.63, 3.8) is 0 Å². The molecule has 0 atom stereocenters. The highest BCUT2D eigenvalue weighted by Gasteiger charge is 2.20. The number of anilines is 2. The fourth-order valence-corrected chi connectivity index (χ4v) is 18.9. The molecule has 2 aliphatic rings. The van der Waals surface area contributed by atoms with Crippen molar-refractivity contribution in [2.75, 3.05) is 17.2 Å². The molecule has 2 aliphatic heterocycles. The Morgan fingerprint density at radius 1 is 0.420 bits per heavy atom. The second kappa shape index (κ2) is 53.3. The summed E-state index contributed by atoms with van der Waals surface area (Å²) in [6.07, 6.45) is 18.2. The summed E-state index contributed by atoms with van der Waals surface area (Å²) in [5.41, 5.74) is 25.0. The molecule has 0 fully saturated rings. The summed E-state index contributed by atoms with van der Waals surface area (Å²) >= 11 is 3.41. The van der Waals surface area contributed by atoms with Crippen LogP contribution in [-0.4, -0.2) is 56.6 Å². The van der Waals surface area contributed by atoms with Gasteiger partial charge in [0.05, 0.1) is 38.9 Å². The lowest BCUT2D eigenvalue weighted by atomic mass is 10.00. The number of hydrogen-bond acceptors (Lipinski definition) is 15. The highest BCUT2D eigenvalue weighted by Crippen LogP contribution is 2.32. The van der Waals surface area contributed by atoms with E-state index in [4.69, 9.17) is 22.4 Å². The van der Waals surface area contributed by atoms with Crippen molar-refractivity contribution < 1.29 is 32.0 Å². The van der Waals surface area contributed by atoms with E-state index in [9.17, 15) is 24.0 Å². The van der Waals surface area contributed by atoms with Crippen molar-refractivity contribution in [1.29, 1.82) is 0 Å². The molecule has 23 heteroatoms. The van der Waals surface area contributed by atoms with Crippen LogP contribution in [0.2, 0.25) is 0 Å². The largest absolute Gasteiger partial charge is 0.482 e. The quantitative estimate of drug-likeness (QED) is 0.0423. The van der Waals surface area contributed by atoms with Gasteiger partial charge in [-0.1, -0.05) is 211 Å². The third kappa shape index (κ3) is 34.3. The van der Waals surface area contributed by atoms with Gasteiger partial charge < -0.3 is 43.3 Å². The average Bonchev–Trinajstić information content (AvgIpc) is 1.85. The van der Waals surface area contributed by atoms with E-state index in [0.717, 1.165) is 125 Å². The second-order valence-electron chi connectivity index (χ2n) is 42.0. The van der Waals surface area contributed by atoms with Crippen LogP contribution in [0, 0.1) is 66.1 Å². The minimum Gasteiger partial charge on any atom is -0.482 e. The number of H-pyrrole nitrogens is 2. The standard InChI is InChI=1S/C14H19NO2.C13H17NO2.C12H16N2O.C12H15NO2.C12H15NS.C12H15N.C12H14O.C12H14S.C11H13NO2.C10H13N3/c1-9(2)7-11-5-6-13-12(8-11)15(10(3)4)14(16)17-13;1-4-14-11-8-10(7-9(2)3)5-6-12(11)16-13(14)15;1-8(2)5-9-3-4-10-7-13-12(15)14-11(10)6-9;1-8(2)5-9-3-4-10-11(6-9)15-7-12(14)13-10;1-8(2)6-10-4-5-12-11(7-10)9(3)13-14-12;3*1-9(2)7-10-3-4-12-11(8-10)5-6-13-12;1-7(2)5-8-3-4-10-9(6-8)12-11(13)14-10;1-8(2)5-9-3-4-10-11-7-12-13(10)6-9/h5-6,8-10H,7H2,1-4H3;5-6,8-9H,4,7H2,1-3H3;3-4,6,8H,5,7H2,1-2H3,(H2,13,14,15);3-4,6,8H,5,7H2,1-2H3,(H,13,14);4-5,7-8H,6H2,1-3H3;3-6,8-9,13H,7H2,1-2H3;2*3-6,8-9H,7H2,1-2H3;3-4,6-7H,5H2,1-2H3,(H,12,13);3-4,6-8H,5H2,1-2H3. The van der Waals surface area contributed by atoms with Gasteiger partial charge in [-0.15, -0.1) is 11.3 Å². The number of pyridine rings is 1. The maximum absolute atomic E-state index is 11.7. The summed E-state index contributed by atoms with van der Waals surface area (Å²) in [6, 6.07) is 67.0. The van der Waals surface area contributed by atoms with Gasteiger partial charge in [-0.2, -0.15) is 9.47 Å². The molecule has 21 nitrogen and oxygen atoms in total. The highest BCUT2D eigenvalue weighted by molar-refractivity contribution is 7.17. The monoisotopic (exact) mass is 1970 g/mol. The predicted octanol–water partition coefficient (Wildman–Crippen LogP) is 30.1. The van der Waals surface area contributed by atoms with Crippen LogP contribution in [0.3, 0.4) is 0 Å². The fourth-order valence-electron chi connectivity index (χ4n) is 17.4. The molecule has 0 saturated heterocycles. The summed E-state index contributed by atoms with van der Waals surface area (Å²) in [6.45, 7) is 53.7. The molecule has 20 rings (SSSR count). The van der Waals surface area contributed by atoms with Crippen molar-refractivity contribution in [3.05, 3.63) is 323 Å². The third-order valence-corrected chi connectivity index (χ3v) is 25.2. The van der Waals surface area contributed by atoms with Crippen LogP contribution in [0.15, 0.2) is 257 Å². The lowest BCUT2D eigenvalue weighted by Gasteiger charge is -2.19. The van der Waals surface area contributed by atoms with Crippen LogP contribution in [-0.2, 0) is 82.1 Å². The van der Waals surface area contributed by atoms with E-state index in [1.165, 1.54) is 105 Å². The third-order valence-electron chi connectivity index (χ3n) is 23.4. The number of oxazole rings is 3. The Morgan fingerprint density at radius 2 is 0.909 bits per heavy atom. The van der Waals surface area contributed by atoms with Crippen LogP contribution < -0.4 is 38.0 Å². The molecule has 0 bridgehead atoms. The summed E-state index contributed by atoms with van der Waals surface area (Å²) in [5.74, 6) is 6.49. The van der Waals surface area contributed by atoms with Crippen LogP contribution in [0.4, 0.5) is 16.2 Å². The molecule has 0 saturated carbocycles. The van der Waals surface area contributed by atoms with Gasteiger partial charge in [-0.3, -0.25) is 18.9 Å². The minimum atomic E-state index is -0.387. The van der Waals surface area contributed by atoms with E-state index in [0.29, 0.717) is 71.3 Å². The molecule has 9 aromatic heterocycles. The maximum atomic E-state index is 11.7. The number of thiophene rings is 1. The number of nitrogens with zero attached hydrogens (tertiary/aromatic N) is 6. The first-order valence-electron chi connectivity index (χ1n) is 51.0. The lowest BCUT2D eigenvalue weighted by Crippen LogP contribution is -2.33. The van der Waals surface area contributed by atoms with Gasteiger partial charge in [-0.25, -0.2) is 28.7 Å². The molecule has 11 heterocycles. The van der Waals surface area contributed by atoms with Gasteiger partial charge in [0, 0.05) is 58.2 Å². The molecular formula is C120H151N11O10S2. The highest BCUT2D eigenvalue weighted by atomic mass is 32.1. The normalized spacial score (nSPS) is 12.1. The number of aromatic amines is 2. The number of aryl methyl sites for hydroxylation is 2. The SMILES string of the molecule is CC(C)Cc1ccc2[nH]ccc2c1.CC(C)Cc1ccc2c(c1)NC(=O)NC2.CC(C)Cc1ccc2c(c1)OCC(=O)N2.CC(C)Cc1ccc2ncnn2c1.CC(C)Cc1ccc2oc(=O)[nH]c2c1.CC(C)Cc1ccc2oc(=O)n(C(C)C)c2c1.CC(C)Cc1ccc2occc2c1.CC(C)Cc1ccc2sccc2c1.CCn1c(=O)oc2ccc(CC(C)C)cc21.Cc1nsc2ccc(CC(C)C)cc12. The number of urea groups is 1. The van der Waals surface area contributed by atoms with Gasteiger partial charge in [0.1, 0.15) is 17.7 Å². The van der Waals surface area contributed by atoms with Crippen molar-refractivity contribution in [2.24, 2.45) is 59.2 Å². The van der Waals surface area contributed by atoms with Crippen LogP contribution in [0.25, 0.3) is 81.0 Å². The van der Waals surface area contributed by atoms with E-state index < -0.39 is 0 Å². The first kappa shape index (κ1) is 110. The summed E-state index contributed by atoms with van der Waals surface area (Å²) in [7, 11) is 0. The fraction of sp³-hybridized carbons (Fsp3) is 0.400. The number of hydrogen-bond donors (Lipinski definition) is 5. The molecule has 18 aromatic rings. The Bertz CT molecular complexity index is 6970. The van der Waals surface area contributed by atoms with Gasteiger partial charge in [0.15, 0.2) is 29.0 Å². The number of amides is 3. The number of rotatable bonds is 22. The van der Waals surface area contributed by atoms with Gasteiger partial charge >= 0.3 is 23.3 Å². The second-order valence-corrected chi connectivity index (χ2v) is 43.8. The zero-order valence-electron chi connectivity index (χ0n) is 88.5. The Labute approximate surface area is 851 Å². The molecule has 0 radical (unpaired) electrons. The van der Waals surface area contributed by atoms with E-state index in [-0.39, 0.29) is 41.9 Å². The van der Waals surface area contributed by atoms with Crippen LogP contribution >= 0.6 is 22.9 Å². The van der Waals surface area contributed by atoms with E-state index in [1.54, 1.807) is 33.3 Å². The molecule has 143 heavy (non-hydrogen) atoms. The van der Waals surface area contributed by atoms with Crippen molar-refractivity contribution >= 4 is 127 Å². The molecule has 758 valence electrons. The first-order chi connectivity index (χ1) is 68.2. The van der Waals surface area contributed by atoms with Crippen molar-refractivity contribution in [3.8, 4) is 5.75 Å². The van der Waals surface area contributed by atoms with E-state index in [2.05, 4.69) is 306 Å². The molecule has 0 aliphatic carbocycles. The zero-order chi connectivity index (χ0) is 103. The summed E-state index contributed by atoms with van der Waals surface area (Å²) < 4.78 is 38.2. The average molecular weight is 1970 g/mol. The zero-order valence-corrected chi connectivity index (χ0v) is 90.1.